The number of hydrogen-bond donors (Lipinski definition) is 0. The van der Waals surface area contributed by atoms with Crippen molar-refractivity contribution in [2.24, 2.45) is 0 Å². The van der Waals surface area contributed by atoms with Crippen molar-refractivity contribution in [3.8, 4) is 0 Å². The van der Waals surface area contributed by atoms with Gasteiger partial charge in [0.05, 0.1) is 0 Å². The molecule has 4 aromatic rings. The SMILES string of the molecule is CB1OC(c2ccc3ccccc3c2)(c2cccc3ccccc23)[C@@H]2CCCN12. The second kappa shape index (κ2) is 6.45. The maximum absolute atomic E-state index is 6.97. The van der Waals surface area contributed by atoms with Crippen molar-refractivity contribution in [2.75, 3.05) is 6.54 Å². The maximum Gasteiger partial charge on any atom is 0.380 e. The van der Waals surface area contributed by atoms with Crippen LogP contribution in [0.25, 0.3) is 21.5 Å². The van der Waals surface area contributed by atoms with Gasteiger partial charge in [-0.1, -0.05) is 78.9 Å². The van der Waals surface area contributed by atoms with Gasteiger partial charge in [0.25, 0.3) is 0 Å². The molecule has 1 unspecified atom stereocenters. The second-order valence-electron chi connectivity index (χ2n) is 8.44. The Labute approximate surface area is 172 Å². The van der Waals surface area contributed by atoms with Crippen molar-refractivity contribution < 1.29 is 4.65 Å². The third-order valence-corrected chi connectivity index (χ3v) is 6.96. The molecule has 0 bridgehead atoms. The van der Waals surface area contributed by atoms with Gasteiger partial charge in [0.1, 0.15) is 5.60 Å². The average Bonchev–Trinajstić information content (AvgIpc) is 3.36. The van der Waals surface area contributed by atoms with E-state index in [-0.39, 0.29) is 7.05 Å². The molecule has 6 rings (SSSR count). The van der Waals surface area contributed by atoms with Crippen LogP contribution in [-0.2, 0) is 10.3 Å². The summed E-state index contributed by atoms with van der Waals surface area (Å²) in [5.41, 5.74) is 2.13. The van der Waals surface area contributed by atoms with Gasteiger partial charge >= 0.3 is 7.05 Å². The van der Waals surface area contributed by atoms with E-state index >= 15 is 0 Å². The van der Waals surface area contributed by atoms with Crippen LogP contribution in [0.3, 0.4) is 0 Å². The van der Waals surface area contributed by atoms with Gasteiger partial charge in [-0.05, 0) is 64.9 Å². The molecule has 2 aliphatic rings. The predicted molar refractivity (Wildman–Crippen MR) is 121 cm³/mol. The number of hydrogen-bond acceptors (Lipinski definition) is 2. The Morgan fingerprint density at radius 3 is 2.52 bits per heavy atom. The highest BCUT2D eigenvalue weighted by atomic mass is 16.5. The monoisotopic (exact) mass is 377 g/mol. The van der Waals surface area contributed by atoms with E-state index in [1.807, 2.05) is 0 Å². The minimum absolute atomic E-state index is 0.118. The third-order valence-electron chi connectivity index (χ3n) is 6.96. The van der Waals surface area contributed by atoms with Crippen molar-refractivity contribution >= 4 is 28.6 Å². The first kappa shape index (κ1) is 17.3. The van der Waals surface area contributed by atoms with Crippen molar-refractivity contribution in [2.45, 2.75) is 31.3 Å². The molecule has 3 heteroatoms. The highest BCUT2D eigenvalue weighted by Gasteiger charge is 2.57. The quantitative estimate of drug-likeness (QED) is 0.407. The van der Waals surface area contributed by atoms with Crippen LogP contribution in [0.15, 0.2) is 84.9 Å². The zero-order chi connectivity index (χ0) is 19.4. The molecule has 0 aliphatic carbocycles. The van der Waals surface area contributed by atoms with Crippen LogP contribution >= 0.6 is 0 Å². The van der Waals surface area contributed by atoms with Crippen LogP contribution in [-0.4, -0.2) is 24.4 Å². The maximum atomic E-state index is 6.97. The Morgan fingerprint density at radius 1 is 0.862 bits per heavy atom. The third kappa shape index (κ3) is 2.44. The van der Waals surface area contributed by atoms with E-state index in [2.05, 4.69) is 96.6 Å². The number of nitrogens with zero attached hydrogens (tertiary/aromatic N) is 1. The fourth-order valence-corrected chi connectivity index (χ4v) is 5.70. The lowest BCUT2D eigenvalue weighted by atomic mass is 9.77. The summed E-state index contributed by atoms with van der Waals surface area (Å²) in [5.74, 6) is 0. The zero-order valence-corrected chi connectivity index (χ0v) is 16.7. The van der Waals surface area contributed by atoms with Crippen molar-refractivity contribution in [3.05, 3.63) is 96.1 Å². The molecular weight excluding hydrogens is 353 g/mol. The van der Waals surface area contributed by atoms with Crippen LogP contribution in [0.5, 0.6) is 0 Å². The second-order valence-corrected chi connectivity index (χ2v) is 8.44. The number of benzene rings is 4. The highest BCUT2D eigenvalue weighted by molar-refractivity contribution is 6.48. The lowest BCUT2D eigenvalue weighted by Gasteiger charge is -2.37. The van der Waals surface area contributed by atoms with E-state index in [1.165, 1.54) is 45.5 Å². The molecule has 2 nitrogen and oxygen atoms in total. The first-order valence-electron chi connectivity index (χ1n) is 10.7. The molecule has 0 amide bonds. The Bertz CT molecular complexity index is 1220. The Hall–Kier alpha value is -2.62. The minimum atomic E-state index is -0.444. The molecule has 2 heterocycles. The average molecular weight is 377 g/mol. The van der Waals surface area contributed by atoms with Gasteiger partial charge in [-0.25, -0.2) is 0 Å². The van der Waals surface area contributed by atoms with Crippen molar-refractivity contribution in [1.82, 2.24) is 4.81 Å². The van der Waals surface area contributed by atoms with Crippen LogP contribution in [0, 0.1) is 0 Å². The summed E-state index contributed by atoms with van der Waals surface area (Å²) in [4.78, 5) is 2.57. The zero-order valence-electron chi connectivity index (χ0n) is 16.7. The first-order chi connectivity index (χ1) is 14.3. The topological polar surface area (TPSA) is 12.5 Å². The van der Waals surface area contributed by atoms with Gasteiger partial charge in [-0.3, -0.25) is 0 Å². The summed E-state index contributed by atoms with van der Waals surface area (Å²) in [7, 11) is 0.118. The number of fused-ring (bicyclic) bond motifs is 3. The molecule has 2 saturated heterocycles. The molecule has 0 N–H and O–H groups in total. The molecule has 0 saturated carbocycles. The molecule has 0 aromatic heterocycles. The van der Waals surface area contributed by atoms with Crippen LogP contribution < -0.4 is 0 Å². The van der Waals surface area contributed by atoms with Gasteiger partial charge in [0, 0.05) is 6.04 Å². The van der Waals surface area contributed by atoms with E-state index in [1.54, 1.807) is 0 Å². The smallest absolute Gasteiger partial charge is 0.380 e. The summed E-state index contributed by atoms with van der Waals surface area (Å²) < 4.78 is 6.97. The molecule has 2 fully saturated rings. The Kier molecular flexibility index (Phi) is 3.84. The molecular formula is C26H24BNO. The fraction of sp³-hybridized carbons (Fsp3) is 0.231. The van der Waals surface area contributed by atoms with Gasteiger partial charge in [-0.15, -0.1) is 0 Å². The molecule has 0 spiro atoms. The Balaban J connectivity index is 1.67. The van der Waals surface area contributed by atoms with Crippen molar-refractivity contribution in [1.29, 1.82) is 0 Å². The van der Waals surface area contributed by atoms with Gasteiger partial charge in [0.15, 0.2) is 0 Å². The molecule has 2 aliphatic heterocycles. The lowest BCUT2D eigenvalue weighted by Crippen LogP contribution is -2.41. The summed E-state index contributed by atoms with van der Waals surface area (Å²) in [6, 6.07) is 31.3. The fourth-order valence-electron chi connectivity index (χ4n) is 5.70. The molecule has 142 valence electrons. The molecule has 2 atom stereocenters. The standard InChI is InChI=1S/C26H24BNO/c1-27-28-17-7-14-25(28)26(29-27,22-16-15-19-8-2-3-10-21(19)18-22)24-13-6-11-20-9-4-5-12-23(20)24/h2-6,8-13,15-16,18,25H,7,14,17H2,1H3/t25-,26?/m0/s1. The molecule has 29 heavy (non-hydrogen) atoms. The van der Waals surface area contributed by atoms with Crippen LogP contribution in [0.2, 0.25) is 6.82 Å². The number of rotatable bonds is 2. The van der Waals surface area contributed by atoms with Gasteiger partial charge < -0.3 is 9.47 Å². The highest BCUT2D eigenvalue weighted by Crippen LogP contribution is 2.51. The Morgan fingerprint density at radius 2 is 1.62 bits per heavy atom. The summed E-state index contributed by atoms with van der Waals surface area (Å²) in [6.45, 7) is 3.33. The largest absolute Gasteiger partial charge is 0.406 e. The van der Waals surface area contributed by atoms with Gasteiger partial charge in [-0.2, -0.15) is 0 Å². The lowest BCUT2D eigenvalue weighted by molar-refractivity contribution is 0.107. The van der Waals surface area contributed by atoms with E-state index in [0.29, 0.717) is 6.04 Å². The first-order valence-corrected chi connectivity index (χ1v) is 10.7. The predicted octanol–water partition coefficient (Wildman–Crippen LogP) is 5.85. The normalized spacial score (nSPS) is 24.4. The van der Waals surface area contributed by atoms with Crippen LogP contribution in [0.4, 0.5) is 0 Å². The van der Waals surface area contributed by atoms with Crippen LogP contribution in [0.1, 0.15) is 24.0 Å². The van der Waals surface area contributed by atoms with Gasteiger partial charge in [0.2, 0.25) is 0 Å². The van der Waals surface area contributed by atoms with E-state index in [0.717, 1.165) is 6.54 Å². The molecule has 0 radical (unpaired) electrons. The summed E-state index contributed by atoms with van der Waals surface area (Å²) in [5, 5.41) is 5.12. The van der Waals surface area contributed by atoms with E-state index < -0.39 is 5.60 Å². The summed E-state index contributed by atoms with van der Waals surface area (Å²) in [6.07, 6.45) is 2.40. The van der Waals surface area contributed by atoms with Crippen molar-refractivity contribution in [3.63, 3.8) is 0 Å². The molecule has 4 aromatic carbocycles. The minimum Gasteiger partial charge on any atom is -0.406 e. The van der Waals surface area contributed by atoms with E-state index in [4.69, 9.17) is 4.65 Å². The summed E-state index contributed by atoms with van der Waals surface area (Å²) >= 11 is 0. The van der Waals surface area contributed by atoms with E-state index in [9.17, 15) is 0 Å².